The van der Waals surface area contributed by atoms with Crippen LogP contribution in [0.3, 0.4) is 0 Å². The maximum absolute atomic E-state index is 13.7. The standard InChI is InChI=1S/C22H31N5O7/c1-7-34-17-9-15(27(31)32)14(8-16(17)33-6)21(29)25(10-12(2)3)18-19(23)26(11-13(4)5)22(30)24-20(18)28/h8-9,12-13H,7,10-11,23H2,1-6H3,(H,24,28,30). The van der Waals surface area contributed by atoms with Gasteiger partial charge < -0.3 is 15.2 Å². The van der Waals surface area contributed by atoms with Crippen LogP contribution in [0.15, 0.2) is 21.7 Å². The molecule has 12 heteroatoms. The Balaban J connectivity index is 2.80. The van der Waals surface area contributed by atoms with Gasteiger partial charge >= 0.3 is 5.69 Å². The van der Waals surface area contributed by atoms with Gasteiger partial charge in [0.1, 0.15) is 11.4 Å². The summed E-state index contributed by atoms with van der Waals surface area (Å²) in [6.45, 7) is 9.49. The number of methoxy groups -OCH3 is 1. The van der Waals surface area contributed by atoms with Crippen molar-refractivity contribution in [2.45, 2.75) is 41.2 Å². The lowest BCUT2D eigenvalue weighted by Gasteiger charge is -2.26. The predicted molar refractivity (Wildman–Crippen MR) is 128 cm³/mol. The molecule has 0 saturated heterocycles. The van der Waals surface area contributed by atoms with Crippen molar-refractivity contribution >= 4 is 23.1 Å². The highest BCUT2D eigenvalue weighted by molar-refractivity contribution is 6.10. The van der Waals surface area contributed by atoms with Gasteiger partial charge in [-0.25, -0.2) is 4.79 Å². The maximum atomic E-state index is 13.7. The van der Waals surface area contributed by atoms with Gasteiger partial charge in [0.15, 0.2) is 17.2 Å². The van der Waals surface area contributed by atoms with E-state index in [1.54, 1.807) is 6.92 Å². The molecule has 0 spiro atoms. The topological polar surface area (TPSA) is 163 Å². The molecule has 0 unspecified atom stereocenters. The van der Waals surface area contributed by atoms with E-state index < -0.39 is 27.8 Å². The SMILES string of the molecule is CCOc1cc([N+](=O)[O-])c(C(=O)N(CC(C)C)c2c(N)n(CC(C)C)c(=O)[nH]c2=O)cc1OC. The molecule has 3 N–H and O–H groups in total. The number of nitrogens with two attached hydrogens (primary N) is 1. The molecule has 2 aromatic rings. The zero-order valence-electron chi connectivity index (χ0n) is 20.2. The molecule has 0 aliphatic carbocycles. The molecule has 0 saturated carbocycles. The van der Waals surface area contributed by atoms with Gasteiger partial charge in [0.05, 0.1) is 24.7 Å². The smallest absolute Gasteiger partial charge is 0.330 e. The summed E-state index contributed by atoms with van der Waals surface area (Å²) < 4.78 is 11.8. The number of amides is 1. The van der Waals surface area contributed by atoms with Crippen LogP contribution in [-0.2, 0) is 6.54 Å². The summed E-state index contributed by atoms with van der Waals surface area (Å²) in [5.74, 6) is -0.939. The summed E-state index contributed by atoms with van der Waals surface area (Å²) in [6, 6.07) is 2.31. The highest BCUT2D eigenvalue weighted by atomic mass is 16.6. The van der Waals surface area contributed by atoms with Crippen LogP contribution in [0.5, 0.6) is 11.5 Å². The molecule has 1 aromatic heterocycles. The van der Waals surface area contributed by atoms with E-state index in [4.69, 9.17) is 15.2 Å². The number of ether oxygens (including phenoxy) is 2. The monoisotopic (exact) mass is 477 g/mol. The lowest BCUT2D eigenvalue weighted by Crippen LogP contribution is -2.43. The molecule has 0 bridgehead atoms. The Morgan fingerprint density at radius 1 is 1.21 bits per heavy atom. The number of nitrogens with zero attached hydrogens (tertiary/aromatic N) is 3. The first-order valence-electron chi connectivity index (χ1n) is 10.9. The van der Waals surface area contributed by atoms with Gasteiger partial charge in [0.25, 0.3) is 17.2 Å². The normalized spacial score (nSPS) is 11.1. The maximum Gasteiger partial charge on any atom is 0.330 e. The number of carbonyl (C=O) groups excluding carboxylic acids is 1. The van der Waals surface area contributed by atoms with Crippen molar-refractivity contribution in [1.82, 2.24) is 9.55 Å². The number of H-pyrrole nitrogens is 1. The van der Waals surface area contributed by atoms with Crippen molar-refractivity contribution in [1.29, 1.82) is 0 Å². The molecule has 34 heavy (non-hydrogen) atoms. The fourth-order valence-electron chi connectivity index (χ4n) is 3.47. The average molecular weight is 478 g/mol. The van der Waals surface area contributed by atoms with E-state index in [1.165, 1.54) is 17.7 Å². The van der Waals surface area contributed by atoms with Gasteiger partial charge in [0, 0.05) is 19.2 Å². The number of nitro groups is 1. The van der Waals surface area contributed by atoms with Gasteiger partial charge in [-0.3, -0.25) is 34.2 Å². The van der Waals surface area contributed by atoms with E-state index in [0.29, 0.717) is 0 Å². The van der Waals surface area contributed by atoms with Gasteiger partial charge in [0.2, 0.25) is 0 Å². The number of nitro benzene ring substituents is 1. The molecule has 2 rings (SSSR count). The van der Waals surface area contributed by atoms with Crippen LogP contribution in [0.25, 0.3) is 0 Å². The molecule has 0 aliphatic rings. The molecule has 1 aromatic carbocycles. The molecule has 0 aliphatic heterocycles. The minimum Gasteiger partial charge on any atom is -0.493 e. The largest absolute Gasteiger partial charge is 0.493 e. The van der Waals surface area contributed by atoms with E-state index in [0.717, 1.165) is 11.0 Å². The second-order valence-electron chi connectivity index (χ2n) is 8.52. The summed E-state index contributed by atoms with van der Waals surface area (Å²) in [6.07, 6.45) is 0. The van der Waals surface area contributed by atoms with E-state index >= 15 is 0 Å². The van der Waals surface area contributed by atoms with Crippen molar-refractivity contribution in [2.75, 3.05) is 30.9 Å². The summed E-state index contributed by atoms with van der Waals surface area (Å²) in [5.41, 5.74) is 3.56. The summed E-state index contributed by atoms with van der Waals surface area (Å²) in [4.78, 5) is 53.2. The number of carbonyl (C=O) groups is 1. The van der Waals surface area contributed by atoms with Crippen LogP contribution in [0, 0.1) is 22.0 Å². The first-order valence-corrected chi connectivity index (χ1v) is 10.9. The van der Waals surface area contributed by atoms with Crippen LogP contribution in [-0.4, -0.2) is 40.6 Å². The highest BCUT2D eigenvalue weighted by Gasteiger charge is 2.32. The molecule has 1 heterocycles. The molecule has 186 valence electrons. The van der Waals surface area contributed by atoms with E-state index in [1.807, 2.05) is 27.7 Å². The molecule has 0 fully saturated rings. The van der Waals surface area contributed by atoms with Crippen molar-refractivity contribution in [3.8, 4) is 11.5 Å². The van der Waals surface area contributed by atoms with Crippen molar-refractivity contribution in [2.24, 2.45) is 11.8 Å². The van der Waals surface area contributed by atoms with Gasteiger partial charge in [-0.05, 0) is 18.8 Å². The van der Waals surface area contributed by atoms with Crippen LogP contribution < -0.4 is 31.4 Å². The number of anilines is 2. The molecular weight excluding hydrogens is 446 g/mol. The minimum absolute atomic E-state index is 0.0126. The van der Waals surface area contributed by atoms with Crippen molar-refractivity contribution < 1.29 is 19.2 Å². The predicted octanol–water partition coefficient (Wildman–Crippen LogP) is 2.39. The quantitative estimate of drug-likeness (QED) is 0.389. The second kappa shape index (κ2) is 10.9. The van der Waals surface area contributed by atoms with Gasteiger partial charge in [-0.15, -0.1) is 0 Å². The summed E-state index contributed by atoms with van der Waals surface area (Å²) in [5, 5.41) is 11.8. The van der Waals surface area contributed by atoms with Crippen molar-refractivity contribution in [3.63, 3.8) is 0 Å². The third-order valence-corrected chi connectivity index (χ3v) is 4.83. The number of nitrogen functional groups attached to an aromatic ring is 1. The minimum atomic E-state index is -0.864. The highest BCUT2D eigenvalue weighted by Crippen LogP contribution is 2.36. The summed E-state index contributed by atoms with van der Waals surface area (Å²) >= 11 is 0. The van der Waals surface area contributed by atoms with Crippen LogP contribution >= 0.6 is 0 Å². The van der Waals surface area contributed by atoms with Gasteiger partial charge in [-0.2, -0.15) is 0 Å². The second-order valence-corrected chi connectivity index (χ2v) is 8.52. The number of hydrogen-bond donors (Lipinski definition) is 2. The van der Waals surface area contributed by atoms with Crippen molar-refractivity contribution in [3.05, 3.63) is 48.6 Å². The number of aromatic nitrogens is 2. The molecule has 12 nitrogen and oxygen atoms in total. The van der Waals surface area contributed by atoms with E-state index in [9.17, 15) is 24.5 Å². The number of nitrogens with one attached hydrogen (secondary N) is 1. The van der Waals surface area contributed by atoms with Crippen LogP contribution in [0.4, 0.5) is 17.2 Å². The number of rotatable bonds is 10. The Morgan fingerprint density at radius 3 is 2.35 bits per heavy atom. The number of hydrogen-bond acceptors (Lipinski definition) is 8. The molecule has 0 atom stereocenters. The fourth-order valence-corrected chi connectivity index (χ4v) is 3.47. The Bertz CT molecular complexity index is 1180. The first-order chi connectivity index (χ1) is 15.9. The zero-order chi connectivity index (χ0) is 25.7. The Morgan fingerprint density at radius 2 is 1.85 bits per heavy atom. The Hall–Kier alpha value is -3.83. The lowest BCUT2D eigenvalue weighted by molar-refractivity contribution is -0.385. The van der Waals surface area contributed by atoms with Gasteiger partial charge in [-0.1, -0.05) is 27.7 Å². The zero-order valence-corrected chi connectivity index (χ0v) is 20.2. The third kappa shape index (κ3) is 5.56. The summed E-state index contributed by atoms with van der Waals surface area (Å²) in [7, 11) is 1.34. The lowest BCUT2D eigenvalue weighted by atomic mass is 10.1. The molecule has 0 radical (unpaired) electrons. The Kier molecular flexibility index (Phi) is 8.44. The average Bonchev–Trinajstić information content (AvgIpc) is 2.74. The number of aromatic amines is 1. The fraction of sp³-hybridized carbons (Fsp3) is 0.500. The Labute approximate surface area is 196 Å². The van der Waals surface area contributed by atoms with Crippen LogP contribution in [0.2, 0.25) is 0 Å². The third-order valence-electron chi connectivity index (χ3n) is 4.83. The van der Waals surface area contributed by atoms with Crippen LogP contribution in [0.1, 0.15) is 45.0 Å². The number of benzene rings is 1. The molecular formula is C22H31N5O7. The van der Waals surface area contributed by atoms with E-state index in [-0.39, 0.29) is 60.1 Å². The first kappa shape index (κ1) is 26.4. The molecule has 1 amide bonds. The van der Waals surface area contributed by atoms with E-state index in [2.05, 4.69) is 4.98 Å².